The Morgan fingerprint density at radius 3 is 2.62 bits per heavy atom. The number of aromatic amines is 1. The van der Waals surface area contributed by atoms with E-state index in [2.05, 4.69) is 19.9 Å². The third-order valence-corrected chi connectivity index (χ3v) is 6.21. The van der Waals surface area contributed by atoms with Crippen LogP contribution in [-0.2, 0) is 10.0 Å². The van der Waals surface area contributed by atoms with Gasteiger partial charge in [-0.2, -0.15) is 0 Å². The Hall–Kier alpha value is -1.98. The first-order chi connectivity index (χ1) is 12.0. The third kappa shape index (κ3) is 4.40. The van der Waals surface area contributed by atoms with Gasteiger partial charge in [-0.25, -0.2) is 18.1 Å². The molecule has 0 spiro atoms. The molecule has 3 rings (SSSR count). The lowest BCUT2D eigenvalue weighted by Gasteiger charge is -2.20. The zero-order valence-corrected chi connectivity index (χ0v) is 16.1. The summed E-state index contributed by atoms with van der Waals surface area (Å²) in [5, 5.41) is 18.7. The first-order valence-corrected chi connectivity index (χ1v) is 10.3. The molecule has 0 unspecified atom stereocenters. The van der Waals surface area contributed by atoms with Crippen molar-refractivity contribution < 1.29 is 13.3 Å². The summed E-state index contributed by atoms with van der Waals surface area (Å²) >= 11 is 1.03. The molecular weight excluding hydrogens is 378 g/mol. The van der Waals surface area contributed by atoms with Crippen LogP contribution in [-0.4, -0.2) is 34.1 Å². The Morgan fingerprint density at radius 2 is 2.04 bits per heavy atom. The highest BCUT2D eigenvalue weighted by molar-refractivity contribution is 7.99. The predicted molar refractivity (Wildman–Crippen MR) is 95.7 cm³/mol. The lowest BCUT2D eigenvalue weighted by atomic mass is 10.1. The fraction of sp³-hybridized carbons (Fsp3) is 0.467. The van der Waals surface area contributed by atoms with Crippen molar-refractivity contribution in [3.05, 3.63) is 34.1 Å². The molecule has 0 bridgehead atoms. The fourth-order valence-electron chi connectivity index (χ4n) is 2.30. The smallest absolute Gasteiger partial charge is 0.262 e. The molecule has 0 atom stereocenters. The summed E-state index contributed by atoms with van der Waals surface area (Å²) in [5.41, 5.74) is -0.997. The molecule has 1 aliphatic carbocycles. The van der Waals surface area contributed by atoms with E-state index >= 15 is 0 Å². The SMILES string of the molecule is CC(C)(C)NS(=O)(=O)c1ccc(Sc2n[nH]c(C3CC3)n2)c([N+](=O)[O-])c1. The monoisotopic (exact) mass is 397 g/mol. The van der Waals surface area contributed by atoms with Crippen molar-refractivity contribution in [3.63, 3.8) is 0 Å². The highest BCUT2D eigenvalue weighted by Gasteiger charge is 2.29. The van der Waals surface area contributed by atoms with Crippen molar-refractivity contribution in [2.24, 2.45) is 0 Å². The number of sulfonamides is 1. The van der Waals surface area contributed by atoms with Gasteiger partial charge in [0.15, 0.2) is 0 Å². The van der Waals surface area contributed by atoms with Crippen molar-refractivity contribution in [1.82, 2.24) is 19.9 Å². The maximum atomic E-state index is 12.4. The highest BCUT2D eigenvalue weighted by Crippen LogP contribution is 2.40. The molecule has 1 heterocycles. The Balaban J connectivity index is 1.90. The summed E-state index contributed by atoms with van der Waals surface area (Å²) in [5.74, 6) is 1.17. The van der Waals surface area contributed by atoms with Gasteiger partial charge < -0.3 is 0 Å². The van der Waals surface area contributed by atoms with Gasteiger partial charge in [0.25, 0.3) is 5.69 Å². The summed E-state index contributed by atoms with van der Waals surface area (Å²) in [4.78, 5) is 15.3. The van der Waals surface area contributed by atoms with Gasteiger partial charge in [-0.1, -0.05) is 0 Å². The number of benzene rings is 1. The van der Waals surface area contributed by atoms with Gasteiger partial charge in [0.05, 0.1) is 14.7 Å². The second kappa shape index (κ2) is 6.63. The molecule has 0 saturated heterocycles. The molecule has 1 fully saturated rings. The van der Waals surface area contributed by atoms with E-state index < -0.39 is 20.5 Å². The minimum Gasteiger partial charge on any atom is -0.262 e. The Labute approximate surface area is 155 Å². The molecule has 1 aliphatic rings. The van der Waals surface area contributed by atoms with Crippen molar-refractivity contribution in [1.29, 1.82) is 0 Å². The van der Waals surface area contributed by atoms with Crippen LogP contribution in [0, 0.1) is 10.1 Å². The number of aromatic nitrogens is 3. The molecule has 1 saturated carbocycles. The number of nitrogens with zero attached hydrogens (tertiary/aromatic N) is 3. The van der Waals surface area contributed by atoms with Crippen LogP contribution < -0.4 is 4.72 Å². The zero-order valence-electron chi connectivity index (χ0n) is 14.5. The summed E-state index contributed by atoms with van der Waals surface area (Å²) < 4.78 is 27.3. The molecule has 0 amide bonds. The summed E-state index contributed by atoms with van der Waals surface area (Å²) in [6, 6.07) is 3.82. The number of nitro benzene ring substituents is 1. The highest BCUT2D eigenvalue weighted by atomic mass is 32.2. The Kier molecular flexibility index (Phi) is 4.80. The Bertz CT molecular complexity index is 945. The second-order valence-electron chi connectivity index (χ2n) is 7.12. The lowest BCUT2D eigenvalue weighted by Crippen LogP contribution is -2.40. The maximum Gasteiger partial charge on any atom is 0.284 e. The fourth-order valence-corrected chi connectivity index (χ4v) is 4.54. The van der Waals surface area contributed by atoms with Crippen LogP contribution in [0.5, 0.6) is 0 Å². The third-order valence-electron chi connectivity index (χ3n) is 3.53. The number of hydrogen-bond acceptors (Lipinski definition) is 7. The van der Waals surface area contributed by atoms with Gasteiger partial charge in [0.1, 0.15) is 5.82 Å². The van der Waals surface area contributed by atoms with Gasteiger partial charge in [-0.15, -0.1) is 5.10 Å². The number of nitrogens with one attached hydrogen (secondary N) is 2. The molecule has 140 valence electrons. The largest absolute Gasteiger partial charge is 0.284 e. The first kappa shape index (κ1) is 18.8. The van der Waals surface area contributed by atoms with Gasteiger partial charge in [-0.3, -0.25) is 15.2 Å². The van der Waals surface area contributed by atoms with E-state index in [9.17, 15) is 18.5 Å². The van der Waals surface area contributed by atoms with Gasteiger partial charge in [0.2, 0.25) is 15.2 Å². The second-order valence-corrected chi connectivity index (χ2v) is 9.81. The maximum absolute atomic E-state index is 12.4. The van der Waals surface area contributed by atoms with E-state index in [1.807, 2.05) is 0 Å². The van der Waals surface area contributed by atoms with Crippen LogP contribution in [0.4, 0.5) is 5.69 Å². The lowest BCUT2D eigenvalue weighted by molar-refractivity contribution is -0.388. The van der Waals surface area contributed by atoms with E-state index in [4.69, 9.17) is 0 Å². The van der Waals surface area contributed by atoms with E-state index in [-0.39, 0.29) is 15.5 Å². The summed E-state index contributed by atoms with van der Waals surface area (Å²) in [6.45, 7) is 5.09. The molecular formula is C15H19N5O4S2. The summed E-state index contributed by atoms with van der Waals surface area (Å²) in [6.07, 6.45) is 2.12. The van der Waals surface area contributed by atoms with Crippen LogP contribution in [0.15, 0.2) is 33.1 Å². The van der Waals surface area contributed by atoms with Crippen molar-refractivity contribution in [2.75, 3.05) is 0 Å². The molecule has 2 N–H and O–H groups in total. The van der Waals surface area contributed by atoms with Gasteiger partial charge in [-0.05, 0) is 57.5 Å². The Morgan fingerprint density at radius 1 is 1.35 bits per heavy atom. The molecule has 0 radical (unpaired) electrons. The van der Waals surface area contributed by atoms with E-state index in [0.717, 1.165) is 36.5 Å². The van der Waals surface area contributed by atoms with Gasteiger partial charge >= 0.3 is 0 Å². The molecule has 26 heavy (non-hydrogen) atoms. The predicted octanol–water partition coefficient (Wildman–Crippen LogP) is 2.82. The van der Waals surface area contributed by atoms with Crippen LogP contribution >= 0.6 is 11.8 Å². The minimum absolute atomic E-state index is 0.155. The quantitative estimate of drug-likeness (QED) is 0.566. The molecule has 11 heteroatoms. The van der Waals surface area contributed by atoms with Crippen LogP contribution in [0.25, 0.3) is 0 Å². The number of H-pyrrole nitrogens is 1. The summed E-state index contributed by atoms with van der Waals surface area (Å²) in [7, 11) is -3.86. The van der Waals surface area contributed by atoms with E-state index in [1.165, 1.54) is 12.1 Å². The standard InChI is InChI=1S/C15H19N5O4S2/c1-15(2,3)19-26(23,24)10-6-7-12(11(8-10)20(21)22)25-14-16-13(17-18-14)9-4-5-9/h6-9,19H,4-5H2,1-3H3,(H,16,17,18). The van der Waals surface area contributed by atoms with Crippen molar-refractivity contribution >= 4 is 27.5 Å². The van der Waals surface area contributed by atoms with E-state index in [1.54, 1.807) is 20.8 Å². The average Bonchev–Trinajstić information content (AvgIpc) is 3.25. The number of rotatable bonds is 6. The normalized spacial score (nSPS) is 15.2. The average molecular weight is 397 g/mol. The van der Waals surface area contributed by atoms with Crippen molar-refractivity contribution in [2.45, 2.75) is 60.0 Å². The molecule has 1 aromatic heterocycles. The molecule has 0 aliphatic heterocycles. The first-order valence-electron chi connectivity index (χ1n) is 7.98. The van der Waals surface area contributed by atoms with Crippen LogP contribution in [0.2, 0.25) is 0 Å². The van der Waals surface area contributed by atoms with E-state index in [0.29, 0.717) is 11.1 Å². The zero-order chi connectivity index (χ0) is 19.1. The number of hydrogen-bond donors (Lipinski definition) is 2. The van der Waals surface area contributed by atoms with Gasteiger partial charge in [0, 0.05) is 17.5 Å². The minimum atomic E-state index is -3.86. The van der Waals surface area contributed by atoms with Crippen LogP contribution in [0.1, 0.15) is 45.4 Å². The van der Waals surface area contributed by atoms with Crippen molar-refractivity contribution in [3.8, 4) is 0 Å². The molecule has 1 aromatic carbocycles. The van der Waals surface area contributed by atoms with Crippen LogP contribution in [0.3, 0.4) is 0 Å². The molecule has 9 nitrogen and oxygen atoms in total. The molecule has 2 aromatic rings. The number of nitro groups is 1. The topological polar surface area (TPSA) is 131 Å².